The minimum atomic E-state index is 0.262. The molecule has 0 spiro atoms. The fourth-order valence-corrected chi connectivity index (χ4v) is 2.66. The highest BCUT2D eigenvalue weighted by molar-refractivity contribution is 5.79. The highest BCUT2D eigenvalue weighted by atomic mass is 16.7. The zero-order valence-electron chi connectivity index (χ0n) is 15.8. The van der Waals surface area contributed by atoms with Gasteiger partial charge >= 0.3 is 0 Å². The Morgan fingerprint density at radius 3 is 3.00 bits per heavy atom. The van der Waals surface area contributed by atoms with Crippen LogP contribution in [0.15, 0.2) is 29.5 Å². The van der Waals surface area contributed by atoms with Crippen LogP contribution in [0, 0.1) is 0 Å². The summed E-state index contributed by atoms with van der Waals surface area (Å²) in [5.74, 6) is 3.96. The molecule has 2 N–H and O–H groups in total. The zero-order chi connectivity index (χ0) is 18.9. The molecule has 1 aliphatic rings. The quantitative estimate of drug-likeness (QED) is 0.387. The van der Waals surface area contributed by atoms with E-state index in [0.717, 1.165) is 48.5 Å². The van der Waals surface area contributed by atoms with E-state index in [4.69, 9.17) is 14.2 Å². The van der Waals surface area contributed by atoms with Crippen molar-refractivity contribution in [3.05, 3.63) is 30.4 Å². The number of aryl methyl sites for hydroxylation is 1. The lowest BCUT2D eigenvalue weighted by molar-refractivity contribution is 0.173. The third-order valence-corrected chi connectivity index (χ3v) is 3.97. The van der Waals surface area contributed by atoms with Crippen molar-refractivity contribution in [2.45, 2.75) is 26.8 Å². The van der Waals surface area contributed by atoms with Crippen LogP contribution < -0.4 is 24.8 Å². The van der Waals surface area contributed by atoms with Crippen LogP contribution in [0.3, 0.4) is 0 Å². The van der Waals surface area contributed by atoms with E-state index in [1.165, 1.54) is 0 Å². The Bertz CT molecular complexity index is 761. The van der Waals surface area contributed by atoms with E-state index in [2.05, 4.69) is 32.7 Å². The number of aliphatic imine (C=N–C) groups is 1. The largest absolute Gasteiger partial charge is 0.492 e. The molecule has 1 aliphatic heterocycles. The maximum absolute atomic E-state index is 5.75. The van der Waals surface area contributed by atoms with Gasteiger partial charge in [0.25, 0.3) is 0 Å². The molecule has 1 aromatic heterocycles. The van der Waals surface area contributed by atoms with Gasteiger partial charge < -0.3 is 29.4 Å². The van der Waals surface area contributed by atoms with Crippen molar-refractivity contribution in [3.8, 4) is 17.2 Å². The Hall–Kier alpha value is -2.97. The van der Waals surface area contributed by atoms with E-state index in [1.807, 2.05) is 29.7 Å². The Labute approximate surface area is 158 Å². The lowest BCUT2D eigenvalue weighted by Crippen LogP contribution is -2.39. The van der Waals surface area contributed by atoms with Crippen LogP contribution in [-0.2, 0) is 13.0 Å². The molecule has 2 heterocycles. The van der Waals surface area contributed by atoms with Gasteiger partial charge in [-0.05, 0) is 19.1 Å². The first-order chi connectivity index (χ1) is 13.3. The molecule has 27 heavy (non-hydrogen) atoms. The van der Waals surface area contributed by atoms with Crippen molar-refractivity contribution >= 4 is 5.96 Å². The Balaban J connectivity index is 1.42. The number of fused-ring (bicyclic) bond motifs is 1. The van der Waals surface area contributed by atoms with Crippen LogP contribution in [-0.4, -0.2) is 53.8 Å². The molecule has 0 atom stereocenters. The van der Waals surface area contributed by atoms with Gasteiger partial charge in [0, 0.05) is 25.6 Å². The van der Waals surface area contributed by atoms with Gasteiger partial charge in [0.1, 0.15) is 24.5 Å². The van der Waals surface area contributed by atoms with Crippen LogP contribution in [0.5, 0.6) is 17.2 Å². The number of nitrogens with zero attached hydrogens (tertiary/aromatic N) is 4. The second-order valence-corrected chi connectivity index (χ2v) is 5.85. The average molecular weight is 374 g/mol. The van der Waals surface area contributed by atoms with Crippen molar-refractivity contribution in [3.63, 3.8) is 0 Å². The minimum Gasteiger partial charge on any atom is -0.492 e. The van der Waals surface area contributed by atoms with Crippen LogP contribution in [0.1, 0.15) is 19.7 Å². The van der Waals surface area contributed by atoms with Gasteiger partial charge in [0.15, 0.2) is 17.5 Å². The van der Waals surface area contributed by atoms with Gasteiger partial charge in [0.2, 0.25) is 6.79 Å². The molecule has 0 unspecified atom stereocenters. The van der Waals surface area contributed by atoms with E-state index in [9.17, 15) is 0 Å². The first kappa shape index (κ1) is 18.8. The zero-order valence-corrected chi connectivity index (χ0v) is 15.8. The highest BCUT2D eigenvalue weighted by Crippen LogP contribution is 2.34. The molecule has 0 fully saturated rings. The molecular weight excluding hydrogens is 348 g/mol. The maximum atomic E-state index is 5.75. The van der Waals surface area contributed by atoms with Gasteiger partial charge in [-0.15, -0.1) is 10.2 Å². The van der Waals surface area contributed by atoms with Gasteiger partial charge in [-0.1, -0.05) is 6.92 Å². The molecule has 9 heteroatoms. The number of benzene rings is 1. The van der Waals surface area contributed by atoms with E-state index >= 15 is 0 Å². The number of ether oxygens (including phenoxy) is 3. The summed E-state index contributed by atoms with van der Waals surface area (Å²) in [6, 6.07) is 5.56. The maximum Gasteiger partial charge on any atom is 0.231 e. The number of nitrogens with one attached hydrogen (secondary N) is 2. The molecular formula is C18H26N6O3. The third-order valence-electron chi connectivity index (χ3n) is 3.97. The van der Waals surface area contributed by atoms with E-state index in [0.29, 0.717) is 19.7 Å². The van der Waals surface area contributed by atoms with Crippen LogP contribution in [0.25, 0.3) is 0 Å². The Morgan fingerprint density at radius 1 is 1.26 bits per heavy atom. The van der Waals surface area contributed by atoms with Crippen LogP contribution >= 0.6 is 0 Å². The summed E-state index contributed by atoms with van der Waals surface area (Å²) in [6.07, 6.45) is 2.60. The number of rotatable bonds is 9. The minimum absolute atomic E-state index is 0.262. The third kappa shape index (κ3) is 5.25. The predicted octanol–water partition coefficient (Wildman–Crippen LogP) is 1.20. The molecule has 1 aromatic carbocycles. The molecule has 3 rings (SSSR count). The first-order valence-electron chi connectivity index (χ1n) is 9.21. The summed E-state index contributed by atoms with van der Waals surface area (Å²) in [6.45, 7) is 7.69. The monoisotopic (exact) mass is 374 g/mol. The second kappa shape index (κ2) is 9.65. The average Bonchev–Trinajstić information content (AvgIpc) is 3.33. The number of hydrogen-bond donors (Lipinski definition) is 2. The van der Waals surface area contributed by atoms with Gasteiger partial charge in [0.05, 0.1) is 13.1 Å². The molecule has 0 aliphatic carbocycles. The number of guanidine groups is 1. The molecule has 0 amide bonds. The highest BCUT2D eigenvalue weighted by Gasteiger charge is 2.13. The molecule has 0 saturated heterocycles. The lowest BCUT2D eigenvalue weighted by atomic mass is 10.3. The second-order valence-electron chi connectivity index (χ2n) is 5.85. The van der Waals surface area contributed by atoms with Crippen LogP contribution in [0.4, 0.5) is 0 Å². The first-order valence-corrected chi connectivity index (χ1v) is 9.21. The van der Waals surface area contributed by atoms with Crippen molar-refractivity contribution in [2.24, 2.45) is 4.99 Å². The summed E-state index contributed by atoms with van der Waals surface area (Å²) >= 11 is 0. The fraction of sp³-hybridized carbons (Fsp3) is 0.500. The Kier molecular flexibility index (Phi) is 6.72. The van der Waals surface area contributed by atoms with Crippen molar-refractivity contribution in [1.82, 2.24) is 25.4 Å². The smallest absolute Gasteiger partial charge is 0.231 e. The normalized spacial score (nSPS) is 12.9. The molecule has 0 bridgehead atoms. The molecule has 146 valence electrons. The fourth-order valence-electron chi connectivity index (χ4n) is 2.66. The summed E-state index contributed by atoms with van der Waals surface area (Å²) in [4.78, 5) is 4.58. The number of aromatic nitrogens is 3. The topological polar surface area (TPSA) is 94.8 Å². The van der Waals surface area contributed by atoms with E-state index in [1.54, 1.807) is 6.33 Å². The molecule has 9 nitrogen and oxygen atoms in total. The molecule has 0 radical (unpaired) electrons. The van der Waals surface area contributed by atoms with E-state index < -0.39 is 0 Å². The summed E-state index contributed by atoms with van der Waals surface area (Å²) in [7, 11) is 0. The van der Waals surface area contributed by atoms with Gasteiger partial charge in [-0.25, -0.2) is 0 Å². The molecule has 2 aromatic rings. The van der Waals surface area contributed by atoms with Crippen molar-refractivity contribution < 1.29 is 14.2 Å². The predicted molar refractivity (Wildman–Crippen MR) is 101 cm³/mol. The van der Waals surface area contributed by atoms with Crippen molar-refractivity contribution in [1.29, 1.82) is 0 Å². The van der Waals surface area contributed by atoms with E-state index in [-0.39, 0.29) is 6.79 Å². The summed E-state index contributed by atoms with van der Waals surface area (Å²) in [5.41, 5.74) is 0. The van der Waals surface area contributed by atoms with Gasteiger partial charge in [-0.2, -0.15) is 0 Å². The number of hydrogen-bond acceptors (Lipinski definition) is 6. The summed E-state index contributed by atoms with van der Waals surface area (Å²) in [5, 5.41) is 14.5. The van der Waals surface area contributed by atoms with Gasteiger partial charge in [-0.3, -0.25) is 4.99 Å². The lowest BCUT2D eigenvalue weighted by Gasteiger charge is -2.12. The van der Waals surface area contributed by atoms with Crippen molar-refractivity contribution in [2.75, 3.05) is 33.0 Å². The summed E-state index contributed by atoms with van der Waals surface area (Å²) < 4.78 is 18.4. The Morgan fingerprint density at radius 2 is 2.15 bits per heavy atom. The van der Waals surface area contributed by atoms with Crippen LogP contribution in [0.2, 0.25) is 0 Å². The standard InChI is InChI=1S/C18H26N6O3/c1-3-17-23-22-12-24(17)9-7-20-18(19-4-2)21-8-10-25-14-5-6-15-16(11-14)27-13-26-15/h5-6,11-12H,3-4,7-10,13H2,1-2H3,(H2,19,20,21). The SMILES string of the molecule is CCNC(=NCCn1cnnc1CC)NCCOc1ccc2c(c1)OCO2. The molecule has 0 saturated carbocycles.